The zero-order chi connectivity index (χ0) is 22.7. The molecule has 0 aliphatic carbocycles. The molecule has 0 aromatic heterocycles. The lowest BCUT2D eigenvalue weighted by atomic mass is 9.99. The summed E-state index contributed by atoms with van der Waals surface area (Å²) in [7, 11) is 0. The Hall–Kier alpha value is -1.72. The molecule has 4 atom stereocenters. The minimum Gasteiger partial charge on any atom is -0.452 e. The summed E-state index contributed by atoms with van der Waals surface area (Å²) in [6.07, 6.45) is 19.5. The van der Waals surface area contributed by atoms with Crippen LogP contribution in [0.15, 0.2) is 36.0 Å². The van der Waals surface area contributed by atoms with Crippen LogP contribution in [0.25, 0.3) is 0 Å². The molecule has 0 aromatic carbocycles. The number of rotatable bonds is 16. The van der Waals surface area contributed by atoms with E-state index in [0.29, 0.717) is 24.2 Å². The van der Waals surface area contributed by atoms with Crippen molar-refractivity contribution in [1.29, 1.82) is 0 Å². The molecular weight excluding hydrogens is 392 g/mol. The third kappa shape index (κ3) is 9.53. The van der Waals surface area contributed by atoms with E-state index < -0.39 is 17.7 Å². The molecule has 0 bridgehead atoms. The van der Waals surface area contributed by atoms with Crippen LogP contribution in [-0.2, 0) is 19.1 Å². The van der Waals surface area contributed by atoms with E-state index in [4.69, 9.17) is 9.47 Å². The predicted octanol–water partition coefficient (Wildman–Crippen LogP) is 5.37. The molecule has 0 unspecified atom stereocenters. The number of carbonyl (C=O) groups is 2. The minimum absolute atomic E-state index is 0.00811. The summed E-state index contributed by atoms with van der Waals surface area (Å²) >= 11 is 0. The van der Waals surface area contributed by atoms with Gasteiger partial charge in [0.25, 0.3) is 0 Å². The van der Waals surface area contributed by atoms with Gasteiger partial charge in [-0.15, -0.1) is 0 Å². The number of ketones is 1. The highest BCUT2D eigenvalue weighted by molar-refractivity contribution is 5.98. The number of cyclic esters (lactones) is 1. The molecule has 0 amide bonds. The molecule has 0 spiro atoms. The molecule has 0 aromatic rings. The highest BCUT2D eigenvalue weighted by Crippen LogP contribution is 2.31. The molecule has 2 aliphatic heterocycles. The Kier molecular flexibility index (Phi) is 10.7. The van der Waals surface area contributed by atoms with Crippen LogP contribution in [-0.4, -0.2) is 40.8 Å². The summed E-state index contributed by atoms with van der Waals surface area (Å²) in [6.45, 7) is 6.00. The number of unbranched alkanes of at least 4 members (excludes halogenated alkanes) is 5. The number of hydrogen-bond acceptors (Lipinski definition) is 5. The first-order valence-corrected chi connectivity index (χ1v) is 12.0. The van der Waals surface area contributed by atoms with Gasteiger partial charge in [0.05, 0.1) is 18.3 Å². The van der Waals surface area contributed by atoms with E-state index in [-0.39, 0.29) is 18.6 Å². The molecule has 2 rings (SSSR count). The molecule has 5 nitrogen and oxygen atoms in total. The van der Waals surface area contributed by atoms with Crippen LogP contribution in [0.2, 0.25) is 0 Å². The van der Waals surface area contributed by atoms with Crippen LogP contribution in [0, 0.1) is 0 Å². The maximum absolute atomic E-state index is 12.2. The second kappa shape index (κ2) is 13.0. The number of epoxide rings is 1. The number of Topliss-reactive ketones (excluding diaryl/α,β-unsaturated/α-hetero) is 1. The van der Waals surface area contributed by atoms with E-state index in [0.717, 1.165) is 12.8 Å². The van der Waals surface area contributed by atoms with Crippen molar-refractivity contribution in [1.82, 2.24) is 0 Å². The number of carbonyl (C=O) groups excluding carboxylic acids is 2. The summed E-state index contributed by atoms with van der Waals surface area (Å²) < 4.78 is 11.0. The van der Waals surface area contributed by atoms with Gasteiger partial charge in [-0.2, -0.15) is 0 Å². The maximum atomic E-state index is 12.2. The SMILES string of the molecule is CCCCCCCC[C@H]1O[C@H]1C/C=C/C=C\[C@H](O)CC(=O)CC1=C[C@](C)(CC)OC1=O. The van der Waals surface area contributed by atoms with Crippen molar-refractivity contribution in [2.24, 2.45) is 0 Å². The van der Waals surface area contributed by atoms with Crippen molar-refractivity contribution in [2.75, 3.05) is 0 Å². The van der Waals surface area contributed by atoms with Gasteiger partial charge < -0.3 is 14.6 Å². The van der Waals surface area contributed by atoms with Gasteiger partial charge in [-0.1, -0.05) is 76.7 Å². The van der Waals surface area contributed by atoms with Gasteiger partial charge in [-0.3, -0.25) is 4.79 Å². The molecule has 0 saturated carbocycles. The van der Waals surface area contributed by atoms with Crippen molar-refractivity contribution in [3.05, 3.63) is 36.0 Å². The van der Waals surface area contributed by atoms with E-state index in [1.165, 1.54) is 38.5 Å². The van der Waals surface area contributed by atoms with Gasteiger partial charge in [0.15, 0.2) is 0 Å². The number of ether oxygens (including phenoxy) is 2. The smallest absolute Gasteiger partial charge is 0.335 e. The molecule has 1 N–H and O–H groups in total. The van der Waals surface area contributed by atoms with Gasteiger partial charge in [-0.25, -0.2) is 4.79 Å². The van der Waals surface area contributed by atoms with Crippen LogP contribution in [0.3, 0.4) is 0 Å². The number of aliphatic hydroxyl groups excluding tert-OH is 1. The van der Waals surface area contributed by atoms with E-state index in [2.05, 4.69) is 6.92 Å². The standard InChI is InChI=1S/C26H40O5/c1-4-6-7-8-9-12-15-23-24(30-23)16-13-10-11-14-21(27)18-22(28)17-20-19-26(3,5-2)31-25(20)29/h10-11,13-14,19,21,23-24,27H,4-9,12,15-18H2,1-3H3/b13-10+,14-11-/t21-,23+,24-,26-/m0/s1. The van der Waals surface area contributed by atoms with Crippen molar-refractivity contribution in [3.63, 3.8) is 0 Å². The topological polar surface area (TPSA) is 76.1 Å². The molecular formula is C26H40O5. The Morgan fingerprint density at radius 1 is 1.16 bits per heavy atom. The number of esters is 1. The summed E-state index contributed by atoms with van der Waals surface area (Å²) in [5.41, 5.74) is -0.222. The first-order valence-electron chi connectivity index (χ1n) is 12.0. The highest BCUT2D eigenvalue weighted by atomic mass is 16.6. The number of aliphatic hydroxyl groups is 1. The van der Waals surface area contributed by atoms with Gasteiger partial charge in [0.1, 0.15) is 11.4 Å². The number of hydrogen-bond donors (Lipinski definition) is 1. The van der Waals surface area contributed by atoms with Gasteiger partial charge >= 0.3 is 5.97 Å². The monoisotopic (exact) mass is 432 g/mol. The Morgan fingerprint density at radius 3 is 2.61 bits per heavy atom. The summed E-state index contributed by atoms with van der Waals surface area (Å²) in [4.78, 5) is 24.0. The zero-order valence-corrected chi connectivity index (χ0v) is 19.5. The molecule has 31 heavy (non-hydrogen) atoms. The average molecular weight is 433 g/mol. The Labute approximate surface area is 187 Å². The van der Waals surface area contributed by atoms with Crippen LogP contribution in [0.4, 0.5) is 0 Å². The Bertz CT molecular complexity index is 677. The third-order valence-electron chi connectivity index (χ3n) is 6.07. The highest BCUT2D eigenvalue weighted by Gasteiger charge is 2.36. The predicted molar refractivity (Wildman–Crippen MR) is 123 cm³/mol. The molecule has 1 fully saturated rings. The quantitative estimate of drug-likeness (QED) is 0.154. The average Bonchev–Trinajstić information content (AvgIpc) is 3.40. The first kappa shape index (κ1) is 25.5. The van der Waals surface area contributed by atoms with E-state index in [1.54, 1.807) is 18.2 Å². The molecule has 2 aliphatic rings. The van der Waals surface area contributed by atoms with Crippen molar-refractivity contribution in [3.8, 4) is 0 Å². The first-order chi connectivity index (χ1) is 14.9. The van der Waals surface area contributed by atoms with Crippen molar-refractivity contribution in [2.45, 2.75) is 115 Å². The van der Waals surface area contributed by atoms with Crippen LogP contribution >= 0.6 is 0 Å². The third-order valence-corrected chi connectivity index (χ3v) is 6.07. The van der Waals surface area contributed by atoms with Gasteiger partial charge in [0.2, 0.25) is 0 Å². The Morgan fingerprint density at radius 2 is 1.90 bits per heavy atom. The van der Waals surface area contributed by atoms with Crippen molar-refractivity contribution < 1.29 is 24.2 Å². The second-order valence-electron chi connectivity index (χ2n) is 9.03. The summed E-state index contributed by atoms with van der Waals surface area (Å²) in [5.74, 6) is -0.601. The van der Waals surface area contributed by atoms with Crippen LogP contribution in [0.1, 0.15) is 91.4 Å². The lowest BCUT2D eigenvalue weighted by Crippen LogP contribution is -2.22. The molecule has 5 heteroatoms. The number of allylic oxidation sites excluding steroid dienone is 2. The summed E-state index contributed by atoms with van der Waals surface area (Å²) in [5, 5.41) is 10.0. The fourth-order valence-electron chi connectivity index (χ4n) is 3.87. The van der Waals surface area contributed by atoms with Crippen LogP contribution < -0.4 is 0 Å². The molecule has 0 radical (unpaired) electrons. The van der Waals surface area contributed by atoms with E-state index in [9.17, 15) is 14.7 Å². The lowest BCUT2D eigenvalue weighted by molar-refractivity contribution is -0.146. The fraction of sp³-hybridized carbons (Fsp3) is 0.692. The Balaban J connectivity index is 1.56. The minimum atomic E-state index is -0.856. The van der Waals surface area contributed by atoms with E-state index >= 15 is 0 Å². The fourth-order valence-corrected chi connectivity index (χ4v) is 3.87. The van der Waals surface area contributed by atoms with E-state index in [1.807, 2.05) is 26.0 Å². The molecule has 1 saturated heterocycles. The molecule has 174 valence electrons. The second-order valence-corrected chi connectivity index (χ2v) is 9.03. The van der Waals surface area contributed by atoms with Gasteiger partial charge in [0, 0.05) is 18.4 Å². The van der Waals surface area contributed by atoms with Crippen molar-refractivity contribution >= 4 is 11.8 Å². The largest absolute Gasteiger partial charge is 0.452 e. The maximum Gasteiger partial charge on any atom is 0.335 e. The summed E-state index contributed by atoms with van der Waals surface area (Å²) in [6, 6.07) is 0. The van der Waals surface area contributed by atoms with Gasteiger partial charge in [-0.05, 0) is 32.3 Å². The molecule has 2 heterocycles. The van der Waals surface area contributed by atoms with Crippen LogP contribution in [0.5, 0.6) is 0 Å². The normalized spacial score (nSPS) is 26.5. The zero-order valence-electron chi connectivity index (χ0n) is 19.5. The lowest BCUT2D eigenvalue weighted by Gasteiger charge is -2.17.